The third-order valence-corrected chi connectivity index (χ3v) is 2.47. The van der Waals surface area contributed by atoms with E-state index in [0.29, 0.717) is 19.7 Å². The van der Waals surface area contributed by atoms with Gasteiger partial charge in [-0.1, -0.05) is 0 Å². The molecular formula is C9H18N2O3. The molecule has 1 rings (SSSR count). The van der Waals surface area contributed by atoms with Gasteiger partial charge in [-0.15, -0.1) is 0 Å². The van der Waals surface area contributed by atoms with E-state index in [1.807, 2.05) is 0 Å². The predicted octanol–water partition coefficient (Wildman–Crippen LogP) is 0.318. The van der Waals surface area contributed by atoms with Crippen LogP contribution < -0.4 is 0 Å². The molecule has 1 aliphatic rings. The lowest BCUT2D eigenvalue weighted by molar-refractivity contribution is 0.139. The van der Waals surface area contributed by atoms with E-state index in [0.717, 1.165) is 26.1 Å². The summed E-state index contributed by atoms with van der Waals surface area (Å²) in [6.45, 7) is 4.65. The minimum atomic E-state index is -0.807. The molecule has 1 aliphatic heterocycles. The molecule has 0 bridgehead atoms. The Balaban J connectivity index is 2.29. The highest BCUT2D eigenvalue weighted by molar-refractivity contribution is 5.64. The Morgan fingerprint density at radius 2 is 2.14 bits per heavy atom. The maximum atomic E-state index is 10.7. The van der Waals surface area contributed by atoms with Crippen molar-refractivity contribution in [2.24, 2.45) is 0 Å². The van der Waals surface area contributed by atoms with Crippen molar-refractivity contribution >= 4 is 6.09 Å². The van der Waals surface area contributed by atoms with Crippen LogP contribution in [0, 0.1) is 0 Å². The predicted molar refractivity (Wildman–Crippen MR) is 52.5 cm³/mol. The van der Waals surface area contributed by atoms with Gasteiger partial charge in [-0.2, -0.15) is 0 Å². The monoisotopic (exact) mass is 202 g/mol. The Morgan fingerprint density at radius 3 is 2.79 bits per heavy atom. The largest absolute Gasteiger partial charge is 0.465 e. The number of rotatable bonds is 3. The molecule has 1 fully saturated rings. The van der Waals surface area contributed by atoms with E-state index in [4.69, 9.17) is 9.84 Å². The van der Waals surface area contributed by atoms with Crippen molar-refractivity contribution in [2.75, 3.05) is 46.4 Å². The van der Waals surface area contributed by atoms with E-state index in [1.54, 1.807) is 7.11 Å². The Hall–Kier alpha value is -0.810. The van der Waals surface area contributed by atoms with Crippen molar-refractivity contribution in [2.45, 2.75) is 6.42 Å². The number of amides is 1. The van der Waals surface area contributed by atoms with Crippen LogP contribution in [0.2, 0.25) is 0 Å². The average Bonchev–Trinajstić information content (AvgIpc) is 2.39. The van der Waals surface area contributed by atoms with Crippen LogP contribution >= 0.6 is 0 Å². The molecule has 0 radical (unpaired) electrons. The summed E-state index contributed by atoms with van der Waals surface area (Å²) in [5.74, 6) is 0. The number of methoxy groups -OCH3 is 1. The highest BCUT2D eigenvalue weighted by atomic mass is 16.5. The van der Waals surface area contributed by atoms with E-state index in [1.165, 1.54) is 4.90 Å². The second-order valence-corrected chi connectivity index (χ2v) is 3.46. The first kappa shape index (κ1) is 11.3. The Kier molecular flexibility index (Phi) is 4.69. The molecule has 0 unspecified atom stereocenters. The molecule has 82 valence electrons. The number of ether oxygens (including phenoxy) is 1. The van der Waals surface area contributed by atoms with Gasteiger partial charge in [-0.05, 0) is 13.0 Å². The first-order chi connectivity index (χ1) is 6.74. The fourth-order valence-electron chi connectivity index (χ4n) is 1.61. The van der Waals surface area contributed by atoms with E-state index < -0.39 is 6.09 Å². The molecule has 0 atom stereocenters. The standard InChI is InChI=1S/C9H18N2O3/c1-14-8-7-10-3-2-4-11(6-5-10)9(12)13/h2-8H2,1H3,(H,12,13). The van der Waals surface area contributed by atoms with E-state index in [2.05, 4.69) is 4.90 Å². The Morgan fingerprint density at radius 1 is 1.36 bits per heavy atom. The van der Waals surface area contributed by atoms with Crippen LogP contribution in [0.15, 0.2) is 0 Å². The second kappa shape index (κ2) is 5.82. The molecule has 1 heterocycles. The molecule has 0 spiro atoms. The Labute approximate surface area is 84.2 Å². The van der Waals surface area contributed by atoms with Crippen molar-refractivity contribution in [1.82, 2.24) is 9.80 Å². The van der Waals surface area contributed by atoms with Crippen molar-refractivity contribution in [3.63, 3.8) is 0 Å². The SMILES string of the molecule is COCCN1CCCN(C(=O)O)CC1. The number of nitrogens with zero attached hydrogens (tertiary/aromatic N) is 2. The quantitative estimate of drug-likeness (QED) is 0.716. The summed E-state index contributed by atoms with van der Waals surface area (Å²) in [7, 11) is 1.68. The molecular weight excluding hydrogens is 184 g/mol. The van der Waals surface area contributed by atoms with Gasteiger partial charge in [0.2, 0.25) is 0 Å². The van der Waals surface area contributed by atoms with E-state index in [-0.39, 0.29) is 0 Å². The fraction of sp³-hybridized carbons (Fsp3) is 0.889. The van der Waals surface area contributed by atoms with Gasteiger partial charge in [0.25, 0.3) is 0 Å². The Bertz CT molecular complexity index is 187. The summed E-state index contributed by atoms with van der Waals surface area (Å²) in [5, 5.41) is 8.81. The lowest BCUT2D eigenvalue weighted by atomic mass is 10.4. The third-order valence-electron chi connectivity index (χ3n) is 2.47. The lowest BCUT2D eigenvalue weighted by Crippen LogP contribution is -2.35. The highest BCUT2D eigenvalue weighted by Gasteiger charge is 2.17. The van der Waals surface area contributed by atoms with Crippen molar-refractivity contribution < 1.29 is 14.6 Å². The maximum absolute atomic E-state index is 10.7. The van der Waals surface area contributed by atoms with Gasteiger partial charge in [0, 0.05) is 33.3 Å². The topological polar surface area (TPSA) is 53.0 Å². The molecule has 5 nitrogen and oxygen atoms in total. The van der Waals surface area contributed by atoms with Crippen LogP contribution in [0.4, 0.5) is 4.79 Å². The summed E-state index contributed by atoms with van der Waals surface area (Å²) in [6.07, 6.45) is 0.106. The molecule has 0 saturated carbocycles. The lowest BCUT2D eigenvalue weighted by Gasteiger charge is -2.19. The summed E-state index contributed by atoms with van der Waals surface area (Å²) < 4.78 is 4.99. The maximum Gasteiger partial charge on any atom is 0.407 e. The van der Waals surface area contributed by atoms with Crippen LogP contribution in [0.1, 0.15) is 6.42 Å². The summed E-state index contributed by atoms with van der Waals surface area (Å²) in [4.78, 5) is 14.4. The van der Waals surface area contributed by atoms with Crippen LogP contribution in [-0.4, -0.2) is 67.4 Å². The van der Waals surface area contributed by atoms with Gasteiger partial charge in [-0.25, -0.2) is 4.79 Å². The van der Waals surface area contributed by atoms with E-state index in [9.17, 15) is 4.79 Å². The first-order valence-corrected chi connectivity index (χ1v) is 4.93. The molecule has 0 aromatic heterocycles. The zero-order valence-corrected chi connectivity index (χ0v) is 8.61. The smallest absolute Gasteiger partial charge is 0.407 e. The summed E-state index contributed by atoms with van der Waals surface area (Å²) in [5.41, 5.74) is 0. The van der Waals surface area contributed by atoms with Crippen molar-refractivity contribution in [3.05, 3.63) is 0 Å². The van der Waals surface area contributed by atoms with Gasteiger partial charge >= 0.3 is 6.09 Å². The minimum absolute atomic E-state index is 0.610. The van der Waals surface area contributed by atoms with Gasteiger partial charge < -0.3 is 14.7 Å². The zero-order chi connectivity index (χ0) is 10.4. The van der Waals surface area contributed by atoms with Gasteiger partial charge in [-0.3, -0.25) is 4.90 Å². The molecule has 0 aliphatic carbocycles. The van der Waals surface area contributed by atoms with Gasteiger partial charge in [0.1, 0.15) is 0 Å². The molecule has 1 amide bonds. The molecule has 0 aromatic carbocycles. The van der Waals surface area contributed by atoms with Gasteiger partial charge in [0.05, 0.1) is 6.61 Å². The van der Waals surface area contributed by atoms with Crippen molar-refractivity contribution in [1.29, 1.82) is 0 Å². The average molecular weight is 202 g/mol. The van der Waals surface area contributed by atoms with Gasteiger partial charge in [0.15, 0.2) is 0 Å². The molecule has 1 N–H and O–H groups in total. The van der Waals surface area contributed by atoms with Crippen LogP contribution in [-0.2, 0) is 4.74 Å². The molecule has 0 aromatic rings. The number of carbonyl (C=O) groups is 1. The summed E-state index contributed by atoms with van der Waals surface area (Å²) >= 11 is 0. The number of hydrogen-bond acceptors (Lipinski definition) is 3. The normalized spacial score (nSPS) is 19.4. The number of carboxylic acid groups (broad SMARTS) is 1. The van der Waals surface area contributed by atoms with Crippen LogP contribution in [0.5, 0.6) is 0 Å². The highest BCUT2D eigenvalue weighted by Crippen LogP contribution is 2.02. The van der Waals surface area contributed by atoms with Crippen LogP contribution in [0.3, 0.4) is 0 Å². The number of hydrogen-bond donors (Lipinski definition) is 1. The zero-order valence-electron chi connectivity index (χ0n) is 8.61. The molecule has 14 heavy (non-hydrogen) atoms. The third kappa shape index (κ3) is 3.51. The fourth-order valence-corrected chi connectivity index (χ4v) is 1.61. The second-order valence-electron chi connectivity index (χ2n) is 3.46. The minimum Gasteiger partial charge on any atom is -0.465 e. The molecule has 5 heteroatoms. The van der Waals surface area contributed by atoms with E-state index >= 15 is 0 Å². The summed E-state index contributed by atoms with van der Waals surface area (Å²) in [6, 6.07) is 0. The first-order valence-electron chi connectivity index (χ1n) is 4.93. The van der Waals surface area contributed by atoms with Crippen LogP contribution in [0.25, 0.3) is 0 Å². The molecule has 1 saturated heterocycles. The van der Waals surface area contributed by atoms with Crippen molar-refractivity contribution in [3.8, 4) is 0 Å².